The van der Waals surface area contributed by atoms with Gasteiger partial charge in [-0.15, -0.1) is 0 Å². The van der Waals surface area contributed by atoms with Gasteiger partial charge in [-0.2, -0.15) is 22.0 Å². The molecule has 1 aliphatic rings. The first kappa shape index (κ1) is 38.6. The van der Waals surface area contributed by atoms with E-state index >= 15 is 4.32 Å². The minimum Gasteiger partial charge on any atom is -0.382 e. The lowest BCUT2D eigenvalue weighted by atomic mass is 9.92. The fraction of sp³-hybridized carbons (Fsp3) is 0.250. The lowest BCUT2D eigenvalue weighted by Crippen LogP contribution is -2.43. The Morgan fingerprint density at radius 1 is 0.630 bits per heavy atom. The first-order valence-corrected chi connectivity index (χ1v) is 17.6. The zero-order valence-electron chi connectivity index (χ0n) is 31.5. The first-order chi connectivity index (χ1) is 25.3. The SMILES string of the molecule is Cc1ccc(C2=N/C(=C\c3c(-c4cc(C)c(C)cc4C)cc(-c4ccc(C)cc4)n3B(F)OCC(F)(F)C(F)(F)F)C(c3cc(C)c(C)cc3C)=C2)cc1. The van der Waals surface area contributed by atoms with Crippen LogP contribution in [0.25, 0.3) is 34.0 Å². The number of hydrogen-bond acceptors (Lipinski definition) is 2. The van der Waals surface area contributed by atoms with E-state index in [4.69, 9.17) is 9.65 Å². The van der Waals surface area contributed by atoms with E-state index in [0.717, 1.165) is 71.2 Å². The number of benzene rings is 4. The smallest absolute Gasteiger partial charge is 0.382 e. The van der Waals surface area contributed by atoms with E-state index < -0.39 is 26.0 Å². The lowest BCUT2D eigenvalue weighted by Gasteiger charge is -2.21. The third-order valence-corrected chi connectivity index (χ3v) is 10.1. The van der Waals surface area contributed by atoms with Gasteiger partial charge in [0, 0.05) is 28.1 Å². The highest BCUT2D eigenvalue weighted by atomic mass is 19.4. The summed E-state index contributed by atoms with van der Waals surface area (Å²) in [4.78, 5) is 5.07. The largest absolute Gasteiger partial charge is 0.638 e. The van der Waals surface area contributed by atoms with Crippen LogP contribution in [-0.4, -0.2) is 36.2 Å². The van der Waals surface area contributed by atoms with Crippen molar-refractivity contribution in [2.45, 2.75) is 67.5 Å². The molecule has 5 aromatic rings. The predicted octanol–water partition coefficient (Wildman–Crippen LogP) is 12.2. The molecule has 0 unspecified atom stereocenters. The molecule has 54 heavy (non-hydrogen) atoms. The molecule has 2 heterocycles. The van der Waals surface area contributed by atoms with Gasteiger partial charge in [-0.05, 0) is 124 Å². The normalized spacial score (nSPS) is 14.1. The summed E-state index contributed by atoms with van der Waals surface area (Å²) < 4.78 is 90.8. The molecule has 1 aliphatic heterocycles. The van der Waals surface area contributed by atoms with E-state index in [1.54, 1.807) is 24.3 Å². The standard InChI is InChI=1S/C44H41BF6N2O/c1-25-9-13-33(14-10-25)39-21-37(35-19-29(5)27(3)17-31(35)7)40(52-39)23-42-38(36-20-30(6)28(4)18-32(36)8)22-41(34-15-11-26(2)12-16-34)53(42)45(51)54-24-43(46,47)44(48,49)50/h9-23H,24H2,1-8H3/b40-23-. The monoisotopic (exact) mass is 738 g/mol. The van der Waals surface area contributed by atoms with Gasteiger partial charge in [0.2, 0.25) is 0 Å². The molecule has 0 atom stereocenters. The molecule has 4 aromatic carbocycles. The summed E-state index contributed by atoms with van der Waals surface area (Å²) in [6.07, 6.45) is -2.28. The molecule has 3 nitrogen and oxygen atoms in total. The second-order valence-electron chi connectivity index (χ2n) is 14.3. The third-order valence-electron chi connectivity index (χ3n) is 10.1. The number of rotatable bonds is 9. The number of nitrogens with zero attached hydrogens (tertiary/aromatic N) is 2. The van der Waals surface area contributed by atoms with Gasteiger partial charge in [-0.25, -0.2) is 4.99 Å². The van der Waals surface area contributed by atoms with E-state index in [1.807, 2.05) is 110 Å². The number of halogens is 6. The van der Waals surface area contributed by atoms with Gasteiger partial charge in [0.05, 0.1) is 11.4 Å². The van der Waals surface area contributed by atoms with Crippen molar-refractivity contribution in [1.82, 2.24) is 4.48 Å². The Morgan fingerprint density at radius 3 is 1.69 bits per heavy atom. The Kier molecular flexibility index (Phi) is 10.5. The van der Waals surface area contributed by atoms with Gasteiger partial charge < -0.3 is 9.13 Å². The van der Waals surface area contributed by atoms with Crippen molar-refractivity contribution < 1.29 is 30.9 Å². The molecule has 0 saturated heterocycles. The summed E-state index contributed by atoms with van der Waals surface area (Å²) in [6.45, 7) is 13.6. The molecule has 0 radical (unpaired) electrons. The Hall–Kier alpha value is -5.09. The third kappa shape index (κ3) is 7.62. The molecule has 0 fully saturated rings. The Balaban J connectivity index is 1.67. The van der Waals surface area contributed by atoms with Crippen molar-refractivity contribution in [2.75, 3.05) is 6.61 Å². The molecule has 6 rings (SSSR count). The van der Waals surface area contributed by atoms with Crippen LogP contribution in [0.4, 0.5) is 26.3 Å². The Labute approximate surface area is 312 Å². The topological polar surface area (TPSA) is 26.5 Å². The Morgan fingerprint density at radius 2 is 1.13 bits per heavy atom. The second kappa shape index (κ2) is 14.6. The number of alkyl halides is 5. The molecule has 0 aliphatic carbocycles. The fourth-order valence-corrected chi connectivity index (χ4v) is 6.66. The molecule has 0 N–H and O–H groups in total. The maximum absolute atomic E-state index is 16.7. The summed E-state index contributed by atoms with van der Waals surface area (Å²) >= 11 is 0. The molecule has 0 amide bonds. The number of aryl methyl sites for hydroxylation is 8. The van der Waals surface area contributed by atoms with Crippen molar-refractivity contribution in [1.29, 1.82) is 0 Å². The summed E-state index contributed by atoms with van der Waals surface area (Å²) in [6, 6.07) is 24.9. The minimum atomic E-state index is -5.93. The quantitative estimate of drug-likeness (QED) is 0.109. The molecule has 278 valence electrons. The highest BCUT2D eigenvalue weighted by Crippen LogP contribution is 2.42. The van der Waals surface area contributed by atoms with Crippen LogP contribution in [0.5, 0.6) is 0 Å². The first-order valence-electron chi connectivity index (χ1n) is 17.6. The minimum absolute atomic E-state index is 0.191. The van der Waals surface area contributed by atoms with Gasteiger partial charge >= 0.3 is 19.4 Å². The Bertz CT molecular complexity index is 2330. The van der Waals surface area contributed by atoms with Crippen molar-refractivity contribution in [3.8, 4) is 22.4 Å². The zero-order valence-corrected chi connectivity index (χ0v) is 31.5. The van der Waals surface area contributed by atoms with Gasteiger partial charge in [0.1, 0.15) is 6.61 Å². The summed E-state index contributed by atoms with van der Waals surface area (Å²) in [5, 5.41) is 0. The number of allylic oxidation sites excluding steroid dienone is 2. The van der Waals surface area contributed by atoms with E-state index in [9.17, 15) is 22.0 Å². The van der Waals surface area contributed by atoms with Crippen LogP contribution in [0.3, 0.4) is 0 Å². The summed E-state index contributed by atoms with van der Waals surface area (Å²) in [5.74, 6) is -5.28. The highest BCUT2D eigenvalue weighted by Gasteiger charge is 2.58. The summed E-state index contributed by atoms with van der Waals surface area (Å²) in [7, 11) is -2.74. The molecular weight excluding hydrogens is 697 g/mol. The maximum atomic E-state index is 16.7. The van der Waals surface area contributed by atoms with Gasteiger partial charge in [0.15, 0.2) is 0 Å². The van der Waals surface area contributed by atoms with Crippen molar-refractivity contribution in [3.63, 3.8) is 0 Å². The molecule has 0 saturated carbocycles. The predicted molar refractivity (Wildman–Crippen MR) is 208 cm³/mol. The van der Waals surface area contributed by atoms with Crippen LogP contribution in [0.15, 0.2) is 95.6 Å². The van der Waals surface area contributed by atoms with Crippen LogP contribution in [0, 0.1) is 55.4 Å². The molecule has 10 heteroatoms. The number of aromatic nitrogens is 1. The van der Waals surface area contributed by atoms with Gasteiger partial charge in [0.25, 0.3) is 0 Å². The van der Waals surface area contributed by atoms with Gasteiger partial charge in [-0.1, -0.05) is 83.9 Å². The fourth-order valence-electron chi connectivity index (χ4n) is 6.66. The molecule has 1 aromatic heterocycles. The molecular formula is C44H41BF6N2O. The van der Waals surface area contributed by atoms with Crippen LogP contribution in [0.2, 0.25) is 0 Å². The lowest BCUT2D eigenvalue weighted by molar-refractivity contribution is -0.290. The zero-order chi connectivity index (χ0) is 39.3. The van der Waals surface area contributed by atoms with E-state index in [-0.39, 0.29) is 11.4 Å². The van der Waals surface area contributed by atoms with E-state index in [2.05, 4.69) is 12.1 Å². The molecule has 0 spiro atoms. The van der Waals surface area contributed by atoms with Crippen molar-refractivity contribution in [2.24, 2.45) is 4.99 Å². The van der Waals surface area contributed by atoms with Gasteiger partial charge in [-0.3, -0.25) is 4.32 Å². The van der Waals surface area contributed by atoms with Crippen LogP contribution >= 0.6 is 0 Å². The molecule has 0 bridgehead atoms. The number of aliphatic imine (C=N–C) groups is 1. The van der Waals surface area contributed by atoms with Crippen molar-refractivity contribution in [3.05, 3.63) is 152 Å². The number of hydrogen-bond donors (Lipinski definition) is 0. The second-order valence-corrected chi connectivity index (χ2v) is 14.3. The average Bonchev–Trinajstić information content (AvgIpc) is 3.69. The van der Waals surface area contributed by atoms with Crippen LogP contribution in [-0.2, 0) is 4.65 Å². The highest BCUT2D eigenvalue weighted by molar-refractivity contribution is 6.43. The van der Waals surface area contributed by atoms with E-state index in [0.29, 0.717) is 22.5 Å². The summed E-state index contributed by atoms with van der Waals surface area (Å²) in [5.41, 5.74) is 13.8. The van der Waals surface area contributed by atoms with Crippen LogP contribution < -0.4 is 0 Å². The maximum Gasteiger partial charge on any atom is 0.638 e. The average molecular weight is 739 g/mol. The van der Waals surface area contributed by atoms with Crippen molar-refractivity contribution >= 4 is 24.7 Å². The van der Waals surface area contributed by atoms with Crippen LogP contribution in [0.1, 0.15) is 61.3 Å². The van der Waals surface area contributed by atoms with E-state index in [1.165, 1.54) is 0 Å².